The molecule has 2 aliphatic rings. The lowest BCUT2D eigenvalue weighted by Crippen LogP contribution is -2.70. The molecule has 1 saturated carbocycles. The number of carbonyl (C=O) groups is 2. The van der Waals surface area contributed by atoms with E-state index in [2.05, 4.69) is 12.2 Å². The molecule has 1 heterocycles. The zero-order valence-electron chi connectivity index (χ0n) is 14.3. The number of carbonyl (C=O) groups excluding carboxylic acids is 2. The first kappa shape index (κ1) is 16.3. The molecule has 1 aliphatic carbocycles. The Hall–Kier alpha value is -1.06. The molecule has 4 atom stereocenters. The highest BCUT2D eigenvalue weighted by atomic mass is 16.2. The standard InChI is InChI=1S/C17H30N2O2/c1-10(2)13-15(20)18-14(17(4,5)6)16(21)19(13)12-9-7-8-11(12)3/h10-14H,7-9H2,1-6H3,(H,18,20). The van der Waals surface area contributed by atoms with Gasteiger partial charge in [0.25, 0.3) is 0 Å². The van der Waals surface area contributed by atoms with E-state index in [0.29, 0.717) is 5.92 Å². The lowest BCUT2D eigenvalue weighted by Gasteiger charge is -2.48. The van der Waals surface area contributed by atoms with Crippen molar-refractivity contribution in [2.24, 2.45) is 17.3 Å². The molecule has 4 nitrogen and oxygen atoms in total. The average Bonchev–Trinajstić information content (AvgIpc) is 2.75. The van der Waals surface area contributed by atoms with Gasteiger partial charge >= 0.3 is 0 Å². The van der Waals surface area contributed by atoms with Crippen LogP contribution in [0.15, 0.2) is 0 Å². The van der Waals surface area contributed by atoms with E-state index in [1.165, 1.54) is 0 Å². The van der Waals surface area contributed by atoms with Crippen molar-refractivity contribution >= 4 is 11.8 Å². The third-order valence-electron chi connectivity index (χ3n) is 5.03. The number of nitrogens with one attached hydrogen (secondary N) is 1. The summed E-state index contributed by atoms with van der Waals surface area (Å²) in [5, 5.41) is 2.98. The van der Waals surface area contributed by atoms with Crippen molar-refractivity contribution in [2.45, 2.75) is 78.9 Å². The van der Waals surface area contributed by atoms with Crippen LogP contribution >= 0.6 is 0 Å². The highest BCUT2D eigenvalue weighted by molar-refractivity contribution is 5.97. The van der Waals surface area contributed by atoms with Crippen molar-refractivity contribution in [1.82, 2.24) is 10.2 Å². The summed E-state index contributed by atoms with van der Waals surface area (Å²) in [6, 6.07) is -0.504. The molecule has 4 heteroatoms. The maximum Gasteiger partial charge on any atom is 0.246 e. The van der Waals surface area contributed by atoms with Gasteiger partial charge < -0.3 is 10.2 Å². The van der Waals surface area contributed by atoms with Crippen molar-refractivity contribution < 1.29 is 9.59 Å². The Kier molecular flexibility index (Phi) is 4.36. The van der Waals surface area contributed by atoms with Gasteiger partial charge in [-0.25, -0.2) is 0 Å². The minimum atomic E-state index is -0.409. The summed E-state index contributed by atoms with van der Waals surface area (Å²) in [6.45, 7) is 12.3. The van der Waals surface area contributed by atoms with E-state index in [-0.39, 0.29) is 35.2 Å². The molecule has 1 N–H and O–H groups in total. The lowest BCUT2D eigenvalue weighted by molar-refractivity contribution is -0.158. The van der Waals surface area contributed by atoms with Gasteiger partial charge in [-0.3, -0.25) is 9.59 Å². The fourth-order valence-electron chi connectivity index (χ4n) is 3.82. The number of nitrogens with zero attached hydrogens (tertiary/aromatic N) is 1. The van der Waals surface area contributed by atoms with Crippen LogP contribution in [0, 0.1) is 17.3 Å². The van der Waals surface area contributed by atoms with Crippen molar-refractivity contribution in [1.29, 1.82) is 0 Å². The summed E-state index contributed by atoms with van der Waals surface area (Å²) in [7, 11) is 0. The second kappa shape index (κ2) is 5.62. The van der Waals surface area contributed by atoms with Crippen LogP contribution in [0.1, 0.15) is 60.8 Å². The van der Waals surface area contributed by atoms with Crippen LogP contribution in [0.2, 0.25) is 0 Å². The van der Waals surface area contributed by atoms with E-state index in [0.717, 1.165) is 19.3 Å². The van der Waals surface area contributed by atoms with Gasteiger partial charge in [-0.05, 0) is 30.1 Å². The maximum atomic E-state index is 13.1. The molecule has 2 amide bonds. The maximum absolute atomic E-state index is 13.1. The van der Waals surface area contributed by atoms with Crippen molar-refractivity contribution in [3.8, 4) is 0 Å². The molecule has 120 valence electrons. The monoisotopic (exact) mass is 294 g/mol. The Morgan fingerprint density at radius 3 is 2.24 bits per heavy atom. The molecule has 0 aromatic heterocycles. The quantitative estimate of drug-likeness (QED) is 0.851. The Bertz CT molecular complexity index is 425. The van der Waals surface area contributed by atoms with E-state index in [1.807, 2.05) is 39.5 Å². The lowest BCUT2D eigenvalue weighted by atomic mass is 9.81. The highest BCUT2D eigenvalue weighted by Crippen LogP contribution is 2.36. The zero-order valence-corrected chi connectivity index (χ0v) is 14.3. The van der Waals surface area contributed by atoms with Gasteiger partial charge in [-0.2, -0.15) is 0 Å². The average molecular weight is 294 g/mol. The van der Waals surface area contributed by atoms with Crippen LogP contribution in [0.3, 0.4) is 0 Å². The molecule has 1 saturated heterocycles. The Balaban J connectivity index is 2.37. The van der Waals surface area contributed by atoms with Crippen molar-refractivity contribution in [3.63, 3.8) is 0 Å². The van der Waals surface area contributed by atoms with E-state index in [4.69, 9.17) is 0 Å². The molecule has 2 fully saturated rings. The predicted octanol–water partition coefficient (Wildman–Crippen LogP) is 2.57. The number of hydrogen-bond acceptors (Lipinski definition) is 2. The first-order valence-corrected chi connectivity index (χ1v) is 8.27. The topological polar surface area (TPSA) is 49.4 Å². The van der Waals surface area contributed by atoms with Crippen LogP contribution in [0.5, 0.6) is 0 Å². The SMILES string of the molecule is CC(C)C1C(=O)NC(C(C)(C)C)C(=O)N1C1CCCC1C. The molecule has 21 heavy (non-hydrogen) atoms. The van der Waals surface area contributed by atoms with Crippen LogP contribution in [0.4, 0.5) is 0 Å². The van der Waals surface area contributed by atoms with Gasteiger partial charge in [0.05, 0.1) is 0 Å². The first-order valence-electron chi connectivity index (χ1n) is 8.27. The van der Waals surface area contributed by atoms with E-state index < -0.39 is 6.04 Å². The number of amides is 2. The van der Waals surface area contributed by atoms with Gasteiger partial charge in [0.15, 0.2) is 0 Å². The molecule has 1 aliphatic heterocycles. The molecule has 0 spiro atoms. The summed E-state index contributed by atoms with van der Waals surface area (Å²) in [6.07, 6.45) is 3.34. The summed E-state index contributed by atoms with van der Waals surface area (Å²) in [5.41, 5.74) is -0.255. The molecular weight excluding hydrogens is 264 g/mol. The molecule has 4 unspecified atom stereocenters. The normalized spacial score (nSPS) is 34.5. The third kappa shape index (κ3) is 2.95. The minimum absolute atomic E-state index is 0.0172. The van der Waals surface area contributed by atoms with Crippen LogP contribution < -0.4 is 5.32 Å². The summed E-state index contributed by atoms with van der Waals surface area (Å²) in [4.78, 5) is 27.6. The largest absolute Gasteiger partial charge is 0.342 e. The fourth-order valence-corrected chi connectivity index (χ4v) is 3.82. The first-order chi connectivity index (χ1) is 9.64. The second-order valence-electron chi connectivity index (χ2n) is 8.22. The van der Waals surface area contributed by atoms with E-state index in [9.17, 15) is 9.59 Å². The molecule has 0 aromatic rings. The Labute approximate surface area is 128 Å². The molecule has 0 bridgehead atoms. The van der Waals surface area contributed by atoms with Crippen LogP contribution in [0.25, 0.3) is 0 Å². The number of piperazine rings is 1. The number of rotatable bonds is 2. The van der Waals surface area contributed by atoms with Crippen molar-refractivity contribution in [2.75, 3.05) is 0 Å². The summed E-state index contributed by atoms with van der Waals surface area (Å²) >= 11 is 0. The third-order valence-corrected chi connectivity index (χ3v) is 5.03. The molecule has 2 rings (SSSR count). The van der Waals surface area contributed by atoms with Gasteiger partial charge in [0, 0.05) is 6.04 Å². The summed E-state index contributed by atoms with van der Waals surface area (Å²) < 4.78 is 0. The smallest absolute Gasteiger partial charge is 0.246 e. The highest BCUT2D eigenvalue weighted by Gasteiger charge is 2.49. The van der Waals surface area contributed by atoms with Crippen LogP contribution in [-0.2, 0) is 9.59 Å². The van der Waals surface area contributed by atoms with Gasteiger partial charge in [0.1, 0.15) is 12.1 Å². The second-order valence-corrected chi connectivity index (χ2v) is 8.22. The predicted molar refractivity (Wildman–Crippen MR) is 83.7 cm³/mol. The molecular formula is C17H30N2O2. The molecule has 0 radical (unpaired) electrons. The Morgan fingerprint density at radius 2 is 1.81 bits per heavy atom. The Morgan fingerprint density at radius 1 is 1.19 bits per heavy atom. The summed E-state index contributed by atoms with van der Waals surface area (Å²) in [5.74, 6) is 0.757. The number of hydrogen-bond donors (Lipinski definition) is 1. The van der Waals surface area contributed by atoms with Gasteiger partial charge in [0.2, 0.25) is 11.8 Å². The van der Waals surface area contributed by atoms with Gasteiger partial charge in [-0.1, -0.05) is 48.0 Å². The van der Waals surface area contributed by atoms with Crippen LogP contribution in [-0.4, -0.2) is 34.8 Å². The molecule has 0 aromatic carbocycles. The fraction of sp³-hybridized carbons (Fsp3) is 0.882. The van der Waals surface area contributed by atoms with E-state index >= 15 is 0 Å². The van der Waals surface area contributed by atoms with Gasteiger partial charge in [-0.15, -0.1) is 0 Å². The van der Waals surface area contributed by atoms with Crippen molar-refractivity contribution in [3.05, 3.63) is 0 Å². The van der Waals surface area contributed by atoms with E-state index in [1.54, 1.807) is 0 Å². The minimum Gasteiger partial charge on any atom is -0.342 e. The zero-order chi connectivity index (χ0) is 15.9.